The van der Waals surface area contributed by atoms with Crippen LogP contribution in [0.4, 0.5) is 0 Å². The molecule has 0 aromatic heterocycles. The summed E-state index contributed by atoms with van der Waals surface area (Å²) in [6, 6.07) is -0.258. The predicted molar refractivity (Wildman–Crippen MR) is 63.7 cm³/mol. The van der Waals surface area contributed by atoms with Crippen LogP contribution in [0.15, 0.2) is 0 Å². The van der Waals surface area contributed by atoms with E-state index in [1.807, 2.05) is 14.0 Å². The van der Waals surface area contributed by atoms with Crippen LogP contribution in [0.5, 0.6) is 0 Å². The molecule has 0 radical (unpaired) electrons. The van der Waals surface area contributed by atoms with Gasteiger partial charge >= 0.3 is 0 Å². The average Bonchev–Trinajstić information content (AvgIpc) is 2.16. The van der Waals surface area contributed by atoms with E-state index in [4.69, 9.17) is 5.73 Å². The molecule has 4 heteroatoms. The molecule has 4 nitrogen and oxygen atoms in total. The van der Waals surface area contributed by atoms with Crippen molar-refractivity contribution in [3.63, 3.8) is 0 Å². The number of nitrogens with one attached hydrogen (secondary N) is 1. The van der Waals surface area contributed by atoms with Gasteiger partial charge in [0.05, 0.1) is 6.04 Å². The van der Waals surface area contributed by atoms with Crippen molar-refractivity contribution in [2.75, 3.05) is 20.1 Å². The molecule has 90 valence electrons. The van der Waals surface area contributed by atoms with E-state index in [2.05, 4.69) is 31.0 Å². The van der Waals surface area contributed by atoms with Gasteiger partial charge in [0.2, 0.25) is 5.91 Å². The van der Waals surface area contributed by atoms with Crippen molar-refractivity contribution in [2.45, 2.75) is 45.7 Å². The lowest BCUT2D eigenvalue weighted by atomic mass is 9.99. The van der Waals surface area contributed by atoms with Crippen molar-refractivity contribution in [1.82, 2.24) is 10.2 Å². The number of amides is 1. The number of primary amides is 1. The van der Waals surface area contributed by atoms with E-state index < -0.39 is 0 Å². The number of hydrogen-bond acceptors (Lipinski definition) is 3. The number of likely N-dealkylation sites (N-methyl/N-ethyl adjacent to an activating group) is 2. The van der Waals surface area contributed by atoms with Gasteiger partial charge in [0.1, 0.15) is 0 Å². The Balaban J connectivity index is 4.34. The molecule has 1 amide bonds. The molecule has 0 aromatic carbocycles. The van der Waals surface area contributed by atoms with Gasteiger partial charge in [0.25, 0.3) is 0 Å². The van der Waals surface area contributed by atoms with Crippen LogP contribution in [-0.4, -0.2) is 42.5 Å². The molecule has 0 rings (SSSR count). The molecule has 3 N–H and O–H groups in total. The molecule has 1 unspecified atom stereocenters. The van der Waals surface area contributed by atoms with Crippen LogP contribution in [0.25, 0.3) is 0 Å². The average molecular weight is 215 g/mol. The summed E-state index contributed by atoms with van der Waals surface area (Å²) < 4.78 is 0. The maximum atomic E-state index is 11.2. The lowest BCUT2D eigenvalue weighted by molar-refractivity contribution is -0.120. The standard InChI is InChI=1S/C11H25N3O/c1-6-11(3,4)14(5)8-9(10(12)15)13-7-2/h9,13H,6-8H2,1-5H3,(H2,12,15). The molecule has 15 heavy (non-hydrogen) atoms. The molecular weight excluding hydrogens is 190 g/mol. The lowest BCUT2D eigenvalue weighted by Crippen LogP contribution is -2.53. The maximum Gasteiger partial charge on any atom is 0.235 e. The second-order valence-corrected chi connectivity index (χ2v) is 4.56. The van der Waals surface area contributed by atoms with Gasteiger partial charge in [0.15, 0.2) is 0 Å². The fourth-order valence-corrected chi connectivity index (χ4v) is 1.29. The third-order valence-electron chi connectivity index (χ3n) is 3.15. The topological polar surface area (TPSA) is 58.4 Å². The minimum Gasteiger partial charge on any atom is -0.368 e. The normalized spacial score (nSPS) is 14.3. The highest BCUT2D eigenvalue weighted by Gasteiger charge is 2.25. The van der Waals surface area contributed by atoms with Crippen molar-refractivity contribution < 1.29 is 4.79 Å². The third kappa shape index (κ3) is 4.62. The monoisotopic (exact) mass is 215 g/mol. The van der Waals surface area contributed by atoms with Crippen molar-refractivity contribution >= 4 is 5.91 Å². The molecule has 0 aliphatic heterocycles. The summed E-state index contributed by atoms with van der Waals surface area (Å²) in [5.41, 5.74) is 5.43. The fraction of sp³-hybridized carbons (Fsp3) is 0.909. The van der Waals surface area contributed by atoms with Crippen molar-refractivity contribution in [2.24, 2.45) is 5.73 Å². The second-order valence-electron chi connectivity index (χ2n) is 4.56. The zero-order valence-corrected chi connectivity index (χ0v) is 10.6. The minimum absolute atomic E-state index is 0.100. The van der Waals surface area contributed by atoms with Gasteiger partial charge in [-0.05, 0) is 33.9 Å². The van der Waals surface area contributed by atoms with Gasteiger partial charge in [0, 0.05) is 12.1 Å². The summed E-state index contributed by atoms with van der Waals surface area (Å²) in [5.74, 6) is -0.282. The zero-order valence-electron chi connectivity index (χ0n) is 10.6. The predicted octanol–water partition coefficient (Wildman–Crippen LogP) is 0.570. The molecule has 1 atom stereocenters. The smallest absolute Gasteiger partial charge is 0.235 e. The van der Waals surface area contributed by atoms with Gasteiger partial charge in [-0.25, -0.2) is 0 Å². The first-order valence-corrected chi connectivity index (χ1v) is 5.59. The Bertz CT molecular complexity index is 204. The van der Waals surface area contributed by atoms with Crippen LogP contribution in [-0.2, 0) is 4.79 Å². The summed E-state index contributed by atoms with van der Waals surface area (Å²) in [7, 11) is 2.02. The van der Waals surface area contributed by atoms with Crippen molar-refractivity contribution in [3.05, 3.63) is 0 Å². The van der Waals surface area contributed by atoms with Crippen LogP contribution in [0.3, 0.4) is 0 Å². The molecule has 0 aliphatic carbocycles. The number of nitrogens with zero attached hydrogens (tertiary/aromatic N) is 1. The van der Waals surface area contributed by atoms with Gasteiger partial charge in [-0.2, -0.15) is 0 Å². The van der Waals surface area contributed by atoms with E-state index in [1.165, 1.54) is 0 Å². The molecule has 0 spiro atoms. The van der Waals surface area contributed by atoms with Crippen LogP contribution in [0.2, 0.25) is 0 Å². The molecule has 0 saturated heterocycles. The first-order chi connectivity index (χ1) is 6.85. The Morgan fingerprint density at radius 2 is 2.00 bits per heavy atom. The number of carbonyl (C=O) groups excluding carboxylic acids is 1. The molecular formula is C11H25N3O. The quantitative estimate of drug-likeness (QED) is 0.653. The Kier molecular flexibility index (Phi) is 5.83. The highest BCUT2D eigenvalue weighted by molar-refractivity contribution is 5.80. The summed E-state index contributed by atoms with van der Waals surface area (Å²) in [5, 5.41) is 3.09. The number of rotatable bonds is 7. The van der Waals surface area contributed by atoms with E-state index in [9.17, 15) is 4.79 Å². The van der Waals surface area contributed by atoms with Crippen molar-refractivity contribution in [1.29, 1.82) is 0 Å². The molecule has 0 fully saturated rings. The summed E-state index contributed by atoms with van der Waals surface area (Å²) >= 11 is 0. The molecule has 0 heterocycles. The first-order valence-electron chi connectivity index (χ1n) is 5.59. The number of nitrogens with two attached hydrogens (primary N) is 1. The molecule has 0 aliphatic rings. The summed E-state index contributed by atoms with van der Waals surface area (Å²) in [6.07, 6.45) is 1.04. The highest BCUT2D eigenvalue weighted by atomic mass is 16.1. The molecule has 0 saturated carbocycles. The second kappa shape index (κ2) is 6.08. The van der Waals surface area contributed by atoms with E-state index in [0.717, 1.165) is 13.0 Å². The summed E-state index contributed by atoms with van der Waals surface area (Å²) in [6.45, 7) is 9.86. The SMILES string of the molecule is CCNC(CN(C)C(C)(C)CC)C(N)=O. The van der Waals surface area contributed by atoms with E-state index in [-0.39, 0.29) is 17.5 Å². The lowest BCUT2D eigenvalue weighted by Gasteiger charge is -2.36. The van der Waals surface area contributed by atoms with E-state index in [0.29, 0.717) is 6.54 Å². The first kappa shape index (κ1) is 14.4. The molecule has 0 bridgehead atoms. The fourth-order valence-electron chi connectivity index (χ4n) is 1.29. The largest absolute Gasteiger partial charge is 0.368 e. The number of hydrogen-bond donors (Lipinski definition) is 2. The van der Waals surface area contributed by atoms with Gasteiger partial charge in [-0.3, -0.25) is 9.69 Å². The van der Waals surface area contributed by atoms with Crippen LogP contribution < -0.4 is 11.1 Å². The zero-order chi connectivity index (χ0) is 12.1. The number of carbonyl (C=O) groups is 1. The van der Waals surface area contributed by atoms with Crippen LogP contribution in [0.1, 0.15) is 34.1 Å². The van der Waals surface area contributed by atoms with Gasteiger partial charge < -0.3 is 11.1 Å². The maximum absolute atomic E-state index is 11.2. The Hall–Kier alpha value is -0.610. The highest BCUT2D eigenvalue weighted by Crippen LogP contribution is 2.16. The molecule has 0 aromatic rings. The Morgan fingerprint density at radius 3 is 2.33 bits per heavy atom. The van der Waals surface area contributed by atoms with Gasteiger partial charge in [-0.1, -0.05) is 13.8 Å². The van der Waals surface area contributed by atoms with Crippen LogP contribution in [0, 0.1) is 0 Å². The Labute approximate surface area is 93.2 Å². The van der Waals surface area contributed by atoms with Gasteiger partial charge in [-0.15, -0.1) is 0 Å². The third-order valence-corrected chi connectivity index (χ3v) is 3.15. The van der Waals surface area contributed by atoms with Crippen LogP contribution >= 0.6 is 0 Å². The van der Waals surface area contributed by atoms with E-state index >= 15 is 0 Å². The Morgan fingerprint density at radius 1 is 1.47 bits per heavy atom. The van der Waals surface area contributed by atoms with Crippen molar-refractivity contribution in [3.8, 4) is 0 Å². The summed E-state index contributed by atoms with van der Waals surface area (Å²) in [4.78, 5) is 13.3. The minimum atomic E-state index is -0.282. The van der Waals surface area contributed by atoms with E-state index in [1.54, 1.807) is 0 Å².